The maximum atomic E-state index is 6.01. The number of benzene rings is 1. The predicted octanol–water partition coefficient (Wildman–Crippen LogP) is 1.96. The van der Waals surface area contributed by atoms with Gasteiger partial charge in [0.1, 0.15) is 11.8 Å². The molecule has 0 amide bonds. The van der Waals surface area contributed by atoms with Crippen molar-refractivity contribution in [1.82, 2.24) is 19.9 Å². The smallest absolute Gasteiger partial charge is 0.182 e. The molecule has 0 saturated carbocycles. The number of rotatable bonds is 4. The molecule has 6 nitrogen and oxygen atoms in total. The zero-order chi connectivity index (χ0) is 13.9. The van der Waals surface area contributed by atoms with Crippen molar-refractivity contribution in [3.8, 4) is 0 Å². The minimum absolute atomic E-state index is 0.675. The minimum atomic E-state index is 0.675. The molecular weight excluding hydrogens is 252 g/mol. The van der Waals surface area contributed by atoms with E-state index in [0.717, 1.165) is 29.1 Å². The number of nitrogens with one attached hydrogen (secondary N) is 1. The Hall–Kier alpha value is -2.63. The highest BCUT2D eigenvalue weighted by atomic mass is 15.2. The number of aromatic amines is 1. The molecule has 3 aromatic rings. The molecule has 0 saturated heterocycles. The second kappa shape index (κ2) is 5.16. The molecule has 3 rings (SSSR count). The average Bonchev–Trinajstić information content (AvgIpc) is 2.95. The van der Waals surface area contributed by atoms with Gasteiger partial charge in [-0.05, 0) is 18.6 Å². The number of hydrogen-bond acceptors (Lipinski definition) is 5. The van der Waals surface area contributed by atoms with Crippen LogP contribution in [0.3, 0.4) is 0 Å². The molecule has 0 fully saturated rings. The molecule has 3 N–H and O–H groups in total. The number of H-pyrrole nitrogens is 1. The number of aromatic nitrogens is 4. The fourth-order valence-electron chi connectivity index (χ4n) is 2.21. The van der Waals surface area contributed by atoms with Crippen molar-refractivity contribution in [3.63, 3.8) is 0 Å². The SMILES string of the molecule is CCN(Cc1ccccc1N)c1ncnc2nc[nH]c12. The van der Waals surface area contributed by atoms with E-state index in [4.69, 9.17) is 5.73 Å². The van der Waals surface area contributed by atoms with Gasteiger partial charge in [-0.1, -0.05) is 18.2 Å². The molecule has 0 aliphatic carbocycles. The van der Waals surface area contributed by atoms with Crippen LogP contribution in [0.5, 0.6) is 0 Å². The van der Waals surface area contributed by atoms with Gasteiger partial charge in [-0.3, -0.25) is 0 Å². The van der Waals surface area contributed by atoms with E-state index in [2.05, 4.69) is 31.8 Å². The molecule has 0 aliphatic heterocycles. The molecule has 0 atom stereocenters. The highest BCUT2D eigenvalue weighted by molar-refractivity contribution is 5.82. The zero-order valence-electron chi connectivity index (χ0n) is 11.2. The Bertz CT molecular complexity index is 720. The number of hydrogen-bond donors (Lipinski definition) is 2. The third-order valence-electron chi connectivity index (χ3n) is 3.30. The molecule has 102 valence electrons. The van der Waals surface area contributed by atoms with E-state index in [0.29, 0.717) is 12.2 Å². The normalized spacial score (nSPS) is 10.8. The number of anilines is 2. The molecular formula is C14H16N6. The summed E-state index contributed by atoms with van der Waals surface area (Å²) in [5.74, 6) is 0.846. The molecule has 0 unspecified atom stereocenters. The van der Waals surface area contributed by atoms with E-state index in [-0.39, 0.29) is 0 Å². The van der Waals surface area contributed by atoms with Crippen LogP contribution in [-0.4, -0.2) is 26.5 Å². The first-order chi connectivity index (χ1) is 9.79. The molecule has 1 aromatic carbocycles. The molecule has 0 spiro atoms. The lowest BCUT2D eigenvalue weighted by molar-refractivity contribution is 0.816. The van der Waals surface area contributed by atoms with Gasteiger partial charge in [-0.15, -0.1) is 0 Å². The van der Waals surface area contributed by atoms with Gasteiger partial charge in [0.25, 0.3) is 0 Å². The van der Waals surface area contributed by atoms with E-state index in [1.54, 1.807) is 6.33 Å². The van der Waals surface area contributed by atoms with E-state index >= 15 is 0 Å². The number of imidazole rings is 1. The second-order valence-electron chi connectivity index (χ2n) is 4.51. The van der Waals surface area contributed by atoms with Gasteiger partial charge in [0, 0.05) is 18.8 Å². The van der Waals surface area contributed by atoms with Crippen molar-refractivity contribution in [1.29, 1.82) is 0 Å². The van der Waals surface area contributed by atoms with E-state index < -0.39 is 0 Å². The van der Waals surface area contributed by atoms with Crippen molar-refractivity contribution in [2.75, 3.05) is 17.2 Å². The van der Waals surface area contributed by atoms with Crippen molar-refractivity contribution in [3.05, 3.63) is 42.5 Å². The number of fused-ring (bicyclic) bond motifs is 1. The summed E-state index contributed by atoms with van der Waals surface area (Å²) in [5, 5.41) is 0. The Labute approximate surface area is 116 Å². The van der Waals surface area contributed by atoms with Gasteiger partial charge in [0.05, 0.1) is 6.33 Å². The van der Waals surface area contributed by atoms with E-state index in [9.17, 15) is 0 Å². The third-order valence-corrected chi connectivity index (χ3v) is 3.30. The summed E-state index contributed by atoms with van der Waals surface area (Å²) in [5.41, 5.74) is 9.42. The van der Waals surface area contributed by atoms with Gasteiger partial charge >= 0.3 is 0 Å². The largest absolute Gasteiger partial charge is 0.398 e. The minimum Gasteiger partial charge on any atom is -0.398 e. The molecule has 20 heavy (non-hydrogen) atoms. The van der Waals surface area contributed by atoms with Crippen LogP contribution in [-0.2, 0) is 6.54 Å². The van der Waals surface area contributed by atoms with Gasteiger partial charge in [0.2, 0.25) is 0 Å². The highest BCUT2D eigenvalue weighted by Gasteiger charge is 2.13. The standard InChI is InChI=1S/C14H16N6/c1-2-20(7-10-5-3-4-6-11(10)15)14-12-13(17-8-16-12)18-9-19-14/h3-6,8-9H,2,7,15H2,1H3,(H,16,17,18,19). The number of para-hydroxylation sites is 1. The Morgan fingerprint density at radius 2 is 2.05 bits per heavy atom. The van der Waals surface area contributed by atoms with Crippen molar-refractivity contribution < 1.29 is 0 Å². The van der Waals surface area contributed by atoms with Crippen LogP contribution >= 0.6 is 0 Å². The fraction of sp³-hybridized carbons (Fsp3) is 0.214. The molecule has 2 heterocycles. The Balaban J connectivity index is 1.98. The molecule has 0 bridgehead atoms. The first kappa shape index (κ1) is 12.4. The number of nitrogens with two attached hydrogens (primary N) is 1. The summed E-state index contributed by atoms with van der Waals surface area (Å²) < 4.78 is 0. The number of nitrogens with zero attached hydrogens (tertiary/aromatic N) is 4. The first-order valence-electron chi connectivity index (χ1n) is 6.52. The summed E-state index contributed by atoms with van der Waals surface area (Å²) in [6, 6.07) is 7.87. The maximum Gasteiger partial charge on any atom is 0.182 e. The maximum absolute atomic E-state index is 6.01. The third kappa shape index (κ3) is 2.16. The van der Waals surface area contributed by atoms with Gasteiger partial charge < -0.3 is 15.6 Å². The van der Waals surface area contributed by atoms with E-state index in [1.165, 1.54) is 6.33 Å². The summed E-state index contributed by atoms with van der Waals surface area (Å²) in [6.07, 6.45) is 3.17. The van der Waals surface area contributed by atoms with Gasteiger partial charge in [0.15, 0.2) is 11.5 Å². The van der Waals surface area contributed by atoms with Gasteiger partial charge in [-0.2, -0.15) is 0 Å². The number of nitrogen functional groups attached to an aromatic ring is 1. The summed E-state index contributed by atoms with van der Waals surface area (Å²) >= 11 is 0. The topological polar surface area (TPSA) is 83.7 Å². The van der Waals surface area contributed by atoms with Crippen LogP contribution in [0, 0.1) is 0 Å². The first-order valence-corrected chi connectivity index (χ1v) is 6.52. The van der Waals surface area contributed by atoms with Crippen molar-refractivity contribution in [2.24, 2.45) is 0 Å². The van der Waals surface area contributed by atoms with Crippen LogP contribution in [0.25, 0.3) is 11.2 Å². The summed E-state index contributed by atoms with van der Waals surface area (Å²) in [7, 11) is 0. The average molecular weight is 268 g/mol. The lowest BCUT2D eigenvalue weighted by atomic mass is 10.1. The lowest BCUT2D eigenvalue weighted by Crippen LogP contribution is -2.24. The van der Waals surface area contributed by atoms with Gasteiger partial charge in [-0.25, -0.2) is 15.0 Å². The highest BCUT2D eigenvalue weighted by Crippen LogP contribution is 2.22. The Kier molecular flexibility index (Phi) is 3.20. The second-order valence-corrected chi connectivity index (χ2v) is 4.51. The molecule has 6 heteroatoms. The quantitative estimate of drug-likeness (QED) is 0.707. The Morgan fingerprint density at radius 3 is 2.85 bits per heavy atom. The van der Waals surface area contributed by atoms with Crippen LogP contribution in [0.1, 0.15) is 12.5 Å². The molecule has 0 radical (unpaired) electrons. The van der Waals surface area contributed by atoms with Crippen molar-refractivity contribution in [2.45, 2.75) is 13.5 Å². The molecule has 2 aromatic heterocycles. The van der Waals surface area contributed by atoms with Crippen LogP contribution in [0.15, 0.2) is 36.9 Å². The summed E-state index contributed by atoms with van der Waals surface area (Å²) in [6.45, 7) is 3.61. The van der Waals surface area contributed by atoms with Crippen molar-refractivity contribution >= 4 is 22.7 Å². The van der Waals surface area contributed by atoms with Crippen LogP contribution in [0.2, 0.25) is 0 Å². The molecule has 0 aliphatic rings. The predicted molar refractivity (Wildman–Crippen MR) is 79.3 cm³/mol. The fourth-order valence-corrected chi connectivity index (χ4v) is 2.21. The monoisotopic (exact) mass is 268 g/mol. The zero-order valence-corrected chi connectivity index (χ0v) is 11.2. The van der Waals surface area contributed by atoms with Crippen LogP contribution in [0.4, 0.5) is 11.5 Å². The lowest BCUT2D eigenvalue weighted by Gasteiger charge is -2.22. The van der Waals surface area contributed by atoms with E-state index in [1.807, 2.05) is 24.3 Å². The summed E-state index contributed by atoms with van der Waals surface area (Å²) in [4.78, 5) is 17.9. The Morgan fingerprint density at radius 1 is 1.20 bits per heavy atom. The van der Waals surface area contributed by atoms with Crippen LogP contribution < -0.4 is 10.6 Å².